The molecule has 2 aliphatic heterocycles. The zero-order chi connectivity index (χ0) is 45.0. The zero-order valence-electron chi connectivity index (χ0n) is 36.3. The number of nitrogens with zero attached hydrogens (tertiary/aromatic N) is 5. The number of nitrogens with two attached hydrogens (primary N) is 1. The van der Waals surface area contributed by atoms with Crippen molar-refractivity contribution in [3.8, 4) is 23.5 Å². The van der Waals surface area contributed by atoms with Crippen LogP contribution in [0.5, 0.6) is 0 Å². The standard InChI is InChI=1S/C47H56N10O7/c1-4-19-51-46(2)17-23-56(24-18-46)32-15-21-57(22-16-32)44-52-37-13-10-30(36-27-55(3)43(60)40-34(36)14-20-49-40)25-35(37)41(54-44)47(64-33-11-12-33,31-8-6-5-7-9-31)28-63-29-50-42(59)38(26-39(48)58)53-45(61)62/h1,5-10,13-14,20,25,27,32-33,38,49,51,53H,11-12,15-19,21-24,26,28-29H2,2-3H3,(H2,48,58)(H,50,59)(H,61,62). The molecule has 2 saturated heterocycles. The van der Waals surface area contributed by atoms with Gasteiger partial charge < -0.3 is 55.6 Å². The van der Waals surface area contributed by atoms with Gasteiger partial charge in [0.15, 0.2) is 5.60 Å². The van der Waals surface area contributed by atoms with E-state index in [1.165, 1.54) is 0 Å². The lowest BCUT2D eigenvalue weighted by Gasteiger charge is -2.45. The first-order chi connectivity index (χ1) is 30.9. The normalized spacial score (nSPS) is 18.3. The van der Waals surface area contributed by atoms with Crippen molar-refractivity contribution in [2.45, 2.75) is 81.2 Å². The Morgan fingerprint density at radius 1 is 1.05 bits per heavy atom. The van der Waals surface area contributed by atoms with Crippen LogP contribution in [0.2, 0.25) is 0 Å². The molecule has 2 unspecified atom stereocenters. The first-order valence-corrected chi connectivity index (χ1v) is 21.9. The van der Waals surface area contributed by atoms with E-state index in [1.54, 1.807) is 17.8 Å². The topological polar surface area (TPSA) is 222 Å². The number of H-pyrrole nitrogens is 1. The number of likely N-dealkylation sites (tertiary alicyclic amines) is 1. The van der Waals surface area contributed by atoms with E-state index in [2.05, 4.69) is 38.3 Å². The molecule has 3 fully saturated rings. The maximum atomic E-state index is 13.1. The number of hydrogen-bond donors (Lipinski definition) is 6. The molecule has 17 heteroatoms. The van der Waals surface area contributed by atoms with Crippen molar-refractivity contribution < 1.29 is 29.0 Å². The number of benzene rings is 2. The molecule has 64 heavy (non-hydrogen) atoms. The summed E-state index contributed by atoms with van der Waals surface area (Å²) in [6, 6.07) is 16.7. The lowest BCUT2D eigenvalue weighted by molar-refractivity contribution is -0.130. The second-order valence-electron chi connectivity index (χ2n) is 17.4. The minimum absolute atomic E-state index is 0.0392. The van der Waals surface area contributed by atoms with Crippen molar-refractivity contribution in [3.63, 3.8) is 0 Å². The Morgan fingerprint density at radius 3 is 2.48 bits per heavy atom. The maximum absolute atomic E-state index is 13.1. The summed E-state index contributed by atoms with van der Waals surface area (Å²) in [4.78, 5) is 68.0. The van der Waals surface area contributed by atoms with Crippen molar-refractivity contribution >= 4 is 45.7 Å². The Balaban J connectivity index is 1.17. The number of aromatic amines is 1. The zero-order valence-corrected chi connectivity index (χ0v) is 36.3. The molecule has 7 N–H and O–H groups in total. The molecule has 0 radical (unpaired) electrons. The van der Waals surface area contributed by atoms with Crippen LogP contribution in [0.4, 0.5) is 10.7 Å². The Hall–Kier alpha value is -6.32. The summed E-state index contributed by atoms with van der Waals surface area (Å²) in [5, 5.41) is 19.0. The molecule has 1 aliphatic carbocycles. The predicted molar refractivity (Wildman–Crippen MR) is 242 cm³/mol. The summed E-state index contributed by atoms with van der Waals surface area (Å²) in [5.41, 5.74) is 8.11. The molecule has 336 valence electrons. The van der Waals surface area contributed by atoms with Gasteiger partial charge in [-0.3, -0.25) is 14.4 Å². The number of nitrogens with one attached hydrogen (secondary N) is 4. The number of rotatable bonds is 17. The highest BCUT2D eigenvalue weighted by molar-refractivity contribution is 5.97. The highest BCUT2D eigenvalue weighted by Gasteiger charge is 2.45. The first-order valence-electron chi connectivity index (χ1n) is 21.9. The van der Waals surface area contributed by atoms with Gasteiger partial charge in [0, 0.05) is 73.5 Å². The molecule has 5 heterocycles. The summed E-state index contributed by atoms with van der Waals surface area (Å²) in [7, 11) is 1.73. The molecule has 1 saturated carbocycles. The van der Waals surface area contributed by atoms with Crippen molar-refractivity contribution in [2.24, 2.45) is 12.8 Å². The molecule has 17 nitrogen and oxygen atoms in total. The number of carboxylic acid groups (broad SMARTS) is 1. The third-order valence-corrected chi connectivity index (χ3v) is 12.9. The molecule has 5 aromatic rings. The van der Waals surface area contributed by atoms with E-state index in [0.717, 1.165) is 86.8 Å². The number of terminal acetylenes is 1. The molecule has 0 spiro atoms. The van der Waals surface area contributed by atoms with Gasteiger partial charge >= 0.3 is 6.09 Å². The van der Waals surface area contributed by atoms with Gasteiger partial charge in [-0.1, -0.05) is 42.3 Å². The molecule has 0 bridgehead atoms. The largest absolute Gasteiger partial charge is 0.465 e. The summed E-state index contributed by atoms with van der Waals surface area (Å²) in [6.07, 6.45) is 12.6. The third-order valence-electron chi connectivity index (χ3n) is 12.9. The van der Waals surface area contributed by atoms with Crippen LogP contribution in [0.3, 0.4) is 0 Å². The highest BCUT2D eigenvalue weighted by Crippen LogP contribution is 2.44. The number of hydrogen-bond acceptors (Lipinski definition) is 11. The van der Waals surface area contributed by atoms with E-state index in [-0.39, 0.29) is 30.5 Å². The molecular formula is C47H56N10O7. The number of ether oxygens (including phenoxy) is 2. The second-order valence-corrected chi connectivity index (χ2v) is 17.4. The third kappa shape index (κ3) is 9.60. The fourth-order valence-electron chi connectivity index (χ4n) is 9.11. The van der Waals surface area contributed by atoms with E-state index in [0.29, 0.717) is 40.6 Å². The van der Waals surface area contributed by atoms with Crippen LogP contribution in [0.15, 0.2) is 71.8 Å². The Labute approximate surface area is 371 Å². The Bertz CT molecular complexity index is 2590. The van der Waals surface area contributed by atoms with Crippen molar-refractivity contribution in [2.75, 3.05) is 51.0 Å². The SMILES string of the molecule is C#CCNC1(C)CCN(C2CCN(c3nc(C(COCNC(=O)C(CC(N)=O)NC(=O)O)(OC4CC4)c4ccccc4)c4cc(-c5cn(C)c(=O)c6[nH]ccc56)ccc4n3)CC2)CC1. The summed E-state index contributed by atoms with van der Waals surface area (Å²) < 4.78 is 15.0. The second kappa shape index (κ2) is 18.8. The minimum atomic E-state index is -1.48. The molecule has 2 atom stereocenters. The van der Waals surface area contributed by atoms with Gasteiger partial charge in [0.2, 0.25) is 17.8 Å². The van der Waals surface area contributed by atoms with E-state index in [9.17, 15) is 24.3 Å². The number of piperidine rings is 2. The number of aryl methyl sites for hydroxylation is 1. The number of pyridine rings is 1. The van der Waals surface area contributed by atoms with E-state index < -0.39 is 36.0 Å². The smallest absolute Gasteiger partial charge is 0.405 e. The number of amides is 3. The van der Waals surface area contributed by atoms with Gasteiger partial charge in [-0.15, -0.1) is 6.42 Å². The summed E-state index contributed by atoms with van der Waals surface area (Å²) in [5.74, 6) is 1.66. The van der Waals surface area contributed by atoms with Crippen LogP contribution in [-0.4, -0.2) is 117 Å². The van der Waals surface area contributed by atoms with Gasteiger partial charge in [0.1, 0.15) is 18.3 Å². The fraction of sp³-hybridized carbons (Fsp3) is 0.447. The molecule has 3 aliphatic rings. The van der Waals surface area contributed by atoms with Crippen LogP contribution in [0.1, 0.15) is 63.1 Å². The van der Waals surface area contributed by atoms with Gasteiger partial charge in [0.05, 0.1) is 36.9 Å². The number of carbonyl (C=O) groups excluding carboxylic acids is 2. The molecule has 2 aromatic carbocycles. The van der Waals surface area contributed by atoms with E-state index in [4.69, 9.17) is 31.6 Å². The maximum Gasteiger partial charge on any atom is 0.405 e. The molecule has 8 rings (SSSR count). The lowest BCUT2D eigenvalue weighted by Crippen LogP contribution is -2.55. The summed E-state index contributed by atoms with van der Waals surface area (Å²) >= 11 is 0. The number of aromatic nitrogens is 4. The lowest BCUT2D eigenvalue weighted by atomic mass is 9.87. The van der Waals surface area contributed by atoms with Crippen LogP contribution in [0.25, 0.3) is 32.9 Å². The summed E-state index contributed by atoms with van der Waals surface area (Å²) in [6.45, 7) is 5.89. The van der Waals surface area contributed by atoms with E-state index >= 15 is 0 Å². The van der Waals surface area contributed by atoms with Crippen molar-refractivity contribution in [1.82, 2.24) is 40.4 Å². The number of carbonyl (C=O) groups is 3. The van der Waals surface area contributed by atoms with E-state index in [1.807, 2.05) is 66.1 Å². The van der Waals surface area contributed by atoms with Crippen molar-refractivity contribution in [3.05, 3.63) is 88.6 Å². The van der Waals surface area contributed by atoms with Gasteiger partial charge in [-0.2, -0.15) is 0 Å². The average molecular weight is 873 g/mol. The minimum Gasteiger partial charge on any atom is -0.465 e. The van der Waals surface area contributed by atoms with Crippen LogP contribution in [-0.2, 0) is 31.7 Å². The fourth-order valence-corrected chi connectivity index (χ4v) is 9.11. The van der Waals surface area contributed by atoms with Crippen molar-refractivity contribution in [1.29, 1.82) is 0 Å². The van der Waals surface area contributed by atoms with Gasteiger partial charge in [-0.05, 0) is 74.8 Å². The molecule has 3 amide bonds. The van der Waals surface area contributed by atoms with Crippen LogP contribution >= 0.6 is 0 Å². The molecular weight excluding hydrogens is 817 g/mol. The molecule has 3 aromatic heterocycles. The number of primary amides is 1. The highest BCUT2D eigenvalue weighted by atomic mass is 16.6. The quantitative estimate of drug-likeness (QED) is 0.0449. The van der Waals surface area contributed by atoms with Crippen LogP contribution in [0, 0.1) is 12.3 Å². The number of anilines is 1. The van der Waals surface area contributed by atoms with Gasteiger partial charge in [0.25, 0.3) is 5.56 Å². The first kappa shape index (κ1) is 44.3. The Morgan fingerprint density at radius 2 is 1.80 bits per heavy atom. The Kier molecular flexibility index (Phi) is 13.0. The van der Waals surface area contributed by atoms with Gasteiger partial charge in [-0.25, -0.2) is 14.8 Å². The number of fused-ring (bicyclic) bond motifs is 2. The predicted octanol–water partition coefficient (Wildman–Crippen LogP) is 3.55. The average Bonchev–Trinajstić information content (AvgIpc) is 3.98. The van der Waals surface area contributed by atoms with Crippen LogP contribution < -0.4 is 32.1 Å². The monoisotopic (exact) mass is 872 g/mol.